The number of hydrogen-bond donors (Lipinski definition) is 0. The summed E-state index contributed by atoms with van der Waals surface area (Å²) >= 11 is 6.21. The second-order valence-corrected chi connectivity index (χ2v) is 7.41. The molecule has 4 rings (SSSR count). The highest BCUT2D eigenvalue weighted by molar-refractivity contribution is 6.33. The second kappa shape index (κ2) is 7.64. The van der Waals surface area contributed by atoms with E-state index < -0.39 is 0 Å². The van der Waals surface area contributed by atoms with Crippen LogP contribution < -0.4 is 5.69 Å². The standard InChI is InChI=1S/C21H21ClN4O2/c1-24-21(28)26(16-9-3-2-4-10-16)19(23-24)15-8-7-13-25(14-15)20(27)17-11-5-6-12-18(17)22/h2-6,9-12,15H,7-8,13-14H2,1H3. The Kier molecular flexibility index (Phi) is 5.05. The van der Waals surface area contributed by atoms with Gasteiger partial charge < -0.3 is 4.90 Å². The zero-order chi connectivity index (χ0) is 19.7. The normalized spacial score (nSPS) is 16.9. The number of likely N-dealkylation sites (tertiary alicyclic amines) is 1. The molecule has 0 aliphatic carbocycles. The number of carbonyl (C=O) groups is 1. The van der Waals surface area contributed by atoms with Crippen LogP contribution in [0.25, 0.3) is 5.69 Å². The van der Waals surface area contributed by atoms with Gasteiger partial charge in [0.25, 0.3) is 5.91 Å². The maximum atomic E-state index is 13.0. The van der Waals surface area contributed by atoms with Gasteiger partial charge in [-0.25, -0.2) is 14.0 Å². The number of para-hydroxylation sites is 1. The minimum absolute atomic E-state index is 0.0192. The molecule has 1 amide bonds. The van der Waals surface area contributed by atoms with Crippen molar-refractivity contribution in [1.82, 2.24) is 19.2 Å². The third-order valence-corrected chi connectivity index (χ3v) is 5.47. The molecule has 1 fully saturated rings. The summed E-state index contributed by atoms with van der Waals surface area (Å²) in [6, 6.07) is 16.6. The Morgan fingerprint density at radius 3 is 2.57 bits per heavy atom. The molecule has 1 aliphatic rings. The van der Waals surface area contributed by atoms with Crippen molar-refractivity contribution in [2.75, 3.05) is 13.1 Å². The molecule has 0 spiro atoms. The summed E-state index contributed by atoms with van der Waals surface area (Å²) in [5, 5.41) is 4.95. The monoisotopic (exact) mass is 396 g/mol. The fourth-order valence-electron chi connectivity index (χ4n) is 3.75. The highest BCUT2D eigenvalue weighted by atomic mass is 35.5. The van der Waals surface area contributed by atoms with E-state index in [-0.39, 0.29) is 17.5 Å². The van der Waals surface area contributed by atoms with Gasteiger partial charge in [0, 0.05) is 26.1 Å². The maximum absolute atomic E-state index is 13.0. The van der Waals surface area contributed by atoms with Crippen LogP contribution in [0.15, 0.2) is 59.4 Å². The summed E-state index contributed by atoms with van der Waals surface area (Å²) < 4.78 is 3.01. The van der Waals surface area contributed by atoms with E-state index in [9.17, 15) is 9.59 Å². The van der Waals surface area contributed by atoms with Crippen molar-refractivity contribution in [3.63, 3.8) is 0 Å². The van der Waals surface area contributed by atoms with E-state index >= 15 is 0 Å². The summed E-state index contributed by atoms with van der Waals surface area (Å²) in [7, 11) is 1.65. The first kappa shape index (κ1) is 18.5. The number of halogens is 1. The van der Waals surface area contributed by atoms with Crippen molar-refractivity contribution in [3.05, 3.63) is 81.5 Å². The first-order valence-corrected chi connectivity index (χ1v) is 9.69. The number of amides is 1. The fourth-order valence-corrected chi connectivity index (χ4v) is 3.96. The number of rotatable bonds is 3. The van der Waals surface area contributed by atoms with Gasteiger partial charge in [-0.2, -0.15) is 5.10 Å². The molecule has 1 aliphatic heterocycles. The van der Waals surface area contributed by atoms with Gasteiger partial charge in [0.15, 0.2) is 0 Å². The Morgan fingerprint density at radius 1 is 1.11 bits per heavy atom. The van der Waals surface area contributed by atoms with Gasteiger partial charge >= 0.3 is 5.69 Å². The summed E-state index contributed by atoms with van der Waals surface area (Å²) in [6.45, 7) is 1.18. The minimum atomic E-state index is -0.184. The zero-order valence-corrected chi connectivity index (χ0v) is 16.3. The Labute approximate surface area is 168 Å². The van der Waals surface area contributed by atoms with Crippen molar-refractivity contribution < 1.29 is 4.79 Å². The molecule has 0 radical (unpaired) electrons. The molecule has 28 heavy (non-hydrogen) atoms. The lowest BCUT2D eigenvalue weighted by Gasteiger charge is -2.32. The summed E-state index contributed by atoms with van der Waals surface area (Å²) in [6.07, 6.45) is 1.72. The van der Waals surface area contributed by atoms with Gasteiger partial charge in [-0.05, 0) is 37.1 Å². The Bertz CT molecular complexity index is 1060. The lowest BCUT2D eigenvalue weighted by molar-refractivity contribution is 0.0704. The van der Waals surface area contributed by atoms with E-state index in [4.69, 9.17) is 11.6 Å². The molecule has 2 heterocycles. The van der Waals surface area contributed by atoms with Crippen LogP contribution >= 0.6 is 11.6 Å². The Hall–Kier alpha value is -2.86. The topological polar surface area (TPSA) is 60.1 Å². The second-order valence-electron chi connectivity index (χ2n) is 7.01. The van der Waals surface area contributed by atoms with Gasteiger partial charge in [0.05, 0.1) is 16.3 Å². The van der Waals surface area contributed by atoms with Gasteiger partial charge in [-0.1, -0.05) is 41.9 Å². The average molecular weight is 397 g/mol. The highest BCUT2D eigenvalue weighted by Crippen LogP contribution is 2.28. The van der Waals surface area contributed by atoms with Crippen molar-refractivity contribution in [3.8, 4) is 5.69 Å². The van der Waals surface area contributed by atoms with Crippen LogP contribution in [0, 0.1) is 0 Å². The predicted octanol–water partition coefficient (Wildman–Crippen LogP) is 3.24. The van der Waals surface area contributed by atoms with E-state index in [1.165, 1.54) is 4.68 Å². The minimum Gasteiger partial charge on any atom is -0.338 e. The summed E-state index contributed by atoms with van der Waals surface area (Å²) in [4.78, 5) is 27.5. The number of carbonyl (C=O) groups excluding carboxylic acids is 1. The van der Waals surface area contributed by atoms with Crippen LogP contribution in [0.1, 0.15) is 34.9 Å². The number of piperidine rings is 1. The number of benzene rings is 2. The van der Waals surface area contributed by atoms with Gasteiger partial charge in [0.2, 0.25) is 0 Å². The molecule has 3 aromatic rings. The highest BCUT2D eigenvalue weighted by Gasteiger charge is 2.30. The number of aryl methyl sites for hydroxylation is 1. The lowest BCUT2D eigenvalue weighted by atomic mass is 9.96. The molecule has 2 aromatic carbocycles. The number of aromatic nitrogens is 3. The maximum Gasteiger partial charge on any atom is 0.350 e. The molecule has 7 heteroatoms. The molecule has 144 valence electrons. The number of hydrogen-bond acceptors (Lipinski definition) is 3. The Morgan fingerprint density at radius 2 is 1.82 bits per heavy atom. The van der Waals surface area contributed by atoms with E-state index in [1.54, 1.807) is 23.7 Å². The quantitative estimate of drug-likeness (QED) is 0.682. The van der Waals surface area contributed by atoms with Gasteiger partial charge in [-0.3, -0.25) is 4.79 Å². The third-order valence-electron chi connectivity index (χ3n) is 5.14. The first-order chi connectivity index (χ1) is 13.6. The third kappa shape index (κ3) is 3.36. The Balaban J connectivity index is 1.66. The molecule has 1 aromatic heterocycles. The zero-order valence-electron chi connectivity index (χ0n) is 15.6. The predicted molar refractivity (Wildman–Crippen MR) is 108 cm³/mol. The smallest absolute Gasteiger partial charge is 0.338 e. The molecule has 0 saturated carbocycles. The van der Waals surface area contributed by atoms with Crippen LogP contribution in [0.3, 0.4) is 0 Å². The molecule has 1 atom stereocenters. The van der Waals surface area contributed by atoms with Gasteiger partial charge in [0.1, 0.15) is 5.82 Å². The van der Waals surface area contributed by atoms with Crippen LogP contribution in [0.5, 0.6) is 0 Å². The van der Waals surface area contributed by atoms with E-state index in [0.29, 0.717) is 29.5 Å². The van der Waals surface area contributed by atoms with Crippen molar-refractivity contribution >= 4 is 17.5 Å². The van der Waals surface area contributed by atoms with Crippen molar-refractivity contribution in [1.29, 1.82) is 0 Å². The van der Waals surface area contributed by atoms with E-state index in [0.717, 1.165) is 18.5 Å². The fraction of sp³-hybridized carbons (Fsp3) is 0.286. The SMILES string of the molecule is Cn1nc(C2CCCN(C(=O)c3ccccc3Cl)C2)n(-c2ccccc2)c1=O. The van der Waals surface area contributed by atoms with Crippen LogP contribution in [0.2, 0.25) is 5.02 Å². The van der Waals surface area contributed by atoms with Crippen molar-refractivity contribution in [2.45, 2.75) is 18.8 Å². The summed E-state index contributed by atoms with van der Waals surface area (Å²) in [5.41, 5.74) is 1.10. The molecule has 0 bridgehead atoms. The molecule has 6 nitrogen and oxygen atoms in total. The molecular weight excluding hydrogens is 376 g/mol. The number of nitrogens with zero attached hydrogens (tertiary/aromatic N) is 4. The average Bonchev–Trinajstić information content (AvgIpc) is 3.03. The largest absolute Gasteiger partial charge is 0.350 e. The summed E-state index contributed by atoms with van der Waals surface area (Å²) in [5.74, 6) is 0.587. The first-order valence-electron chi connectivity index (χ1n) is 9.31. The molecule has 1 saturated heterocycles. The van der Waals surface area contributed by atoms with E-state index in [1.807, 2.05) is 47.4 Å². The van der Waals surface area contributed by atoms with Gasteiger partial charge in [-0.15, -0.1) is 0 Å². The molecular formula is C21H21ClN4O2. The van der Waals surface area contributed by atoms with Crippen LogP contribution in [0.4, 0.5) is 0 Å². The molecule has 1 unspecified atom stereocenters. The lowest BCUT2D eigenvalue weighted by Crippen LogP contribution is -2.40. The van der Waals surface area contributed by atoms with Crippen LogP contribution in [-0.2, 0) is 7.05 Å². The van der Waals surface area contributed by atoms with Crippen LogP contribution in [-0.4, -0.2) is 38.2 Å². The van der Waals surface area contributed by atoms with Crippen molar-refractivity contribution in [2.24, 2.45) is 7.05 Å². The molecule has 0 N–H and O–H groups in total. The van der Waals surface area contributed by atoms with E-state index in [2.05, 4.69) is 5.10 Å².